The van der Waals surface area contributed by atoms with Gasteiger partial charge in [0.05, 0.1) is 0 Å². The van der Waals surface area contributed by atoms with Gasteiger partial charge in [-0.15, -0.1) is 0 Å². The third-order valence-corrected chi connectivity index (χ3v) is 4.61. The number of fused-ring (bicyclic) bond motifs is 1. The van der Waals surface area contributed by atoms with E-state index >= 15 is 0 Å². The number of hydrogen-bond acceptors (Lipinski definition) is 1. The lowest BCUT2D eigenvalue weighted by Gasteiger charge is -2.18. The molecular formula is C21H19NO. The molecule has 4 rings (SSSR count). The normalized spacial score (nSPS) is 14.3. The maximum Gasteiger partial charge on any atom is 0.254 e. The van der Waals surface area contributed by atoms with Crippen molar-refractivity contribution in [1.29, 1.82) is 0 Å². The predicted octanol–water partition coefficient (Wildman–Crippen LogP) is 4.74. The standard InChI is InChI=1S/C21H19NO/c23-21(22-14-4-5-15-22)19-13-7-11-17-10-6-12-18(20(17)19)16-8-2-1-3-9-16/h1-3,6-13H,4-5,14-15H2. The summed E-state index contributed by atoms with van der Waals surface area (Å²) in [4.78, 5) is 15.0. The van der Waals surface area contributed by atoms with E-state index in [2.05, 4.69) is 36.4 Å². The minimum Gasteiger partial charge on any atom is -0.339 e. The fraction of sp³-hybridized carbons (Fsp3) is 0.190. The van der Waals surface area contributed by atoms with Gasteiger partial charge in [0.15, 0.2) is 0 Å². The van der Waals surface area contributed by atoms with Crippen LogP contribution in [0.25, 0.3) is 21.9 Å². The van der Waals surface area contributed by atoms with Gasteiger partial charge in [-0.1, -0.05) is 60.7 Å². The number of rotatable bonds is 2. The van der Waals surface area contributed by atoms with Crippen molar-refractivity contribution in [3.63, 3.8) is 0 Å². The molecule has 23 heavy (non-hydrogen) atoms. The lowest BCUT2D eigenvalue weighted by Crippen LogP contribution is -2.27. The van der Waals surface area contributed by atoms with Gasteiger partial charge < -0.3 is 4.90 Å². The quantitative estimate of drug-likeness (QED) is 0.669. The summed E-state index contributed by atoms with van der Waals surface area (Å²) in [6, 6.07) is 22.6. The molecule has 0 spiro atoms. The molecule has 3 aromatic rings. The first-order chi connectivity index (χ1) is 11.3. The first-order valence-electron chi connectivity index (χ1n) is 8.21. The summed E-state index contributed by atoms with van der Waals surface area (Å²) in [6.07, 6.45) is 2.23. The fourth-order valence-corrected chi connectivity index (χ4v) is 3.47. The van der Waals surface area contributed by atoms with Crippen LogP contribution >= 0.6 is 0 Å². The van der Waals surface area contributed by atoms with E-state index in [1.807, 2.05) is 35.2 Å². The number of amides is 1. The van der Waals surface area contributed by atoms with Crippen molar-refractivity contribution in [2.24, 2.45) is 0 Å². The molecule has 0 saturated carbocycles. The molecule has 114 valence electrons. The topological polar surface area (TPSA) is 20.3 Å². The molecule has 1 heterocycles. The first-order valence-corrected chi connectivity index (χ1v) is 8.21. The molecule has 0 aromatic heterocycles. The van der Waals surface area contributed by atoms with Crippen molar-refractivity contribution >= 4 is 16.7 Å². The number of carbonyl (C=O) groups is 1. The molecule has 2 nitrogen and oxygen atoms in total. The maximum atomic E-state index is 13.0. The zero-order chi connectivity index (χ0) is 15.6. The van der Waals surface area contributed by atoms with Crippen LogP contribution in [0.5, 0.6) is 0 Å². The largest absolute Gasteiger partial charge is 0.339 e. The minimum atomic E-state index is 0.163. The molecule has 1 aliphatic rings. The third kappa shape index (κ3) is 2.50. The zero-order valence-electron chi connectivity index (χ0n) is 13.0. The lowest BCUT2D eigenvalue weighted by atomic mass is 9.94. The molecule has 3 aromatic carbocycles. The second-order valence-corrected chi connectivity index (χ2v) is 6.07. The summed E-state index contributed by atoms with van der Waals surface area (Å²) in [5.41, 5.74) is 3.11. The molecule has 0 unspecified atom stereocenters. The molecule has 1 amide bonds. The number of benzene rings is 3. The van der Waals surface area contributed by atoms with Crippen molar-refractivity contribution < 1.29 is 4.79 Å². The van der Waals surface area contributed by atoms with Crippen LogP contribution in [0.3, 0.4) is 0 Å². The minimum absolute atomic E-state index is 0.163. The van der Waals surface area contributed by atoms with E-state index in [1.54, 1.807) is 0 Å². The summed E-state index contributed by atoms with van der Waals surface area (Å²) in [7, 11) is 0. The summed E-state index contributed by atoms with van der Waals surface area (Å²) >= 11 is 0. The predicted molar refractivity (Wildman–Crippen MR) is 94.5 cm³/mol. The molecule has 0 N–H and O–H groups in total. The van der Waals surface area contributed by atoms with E-state index < -0.39 is 0 Å². The molecule has 1 aliphatic heterocycles. The Hall–Kier alpha value is -2.61. The highest BCUT2D eigenvalue weighted by Gasteiger charge is 2.22. The van der Waals surface area contributed by atoms with Gasteiger partial charge >= 0.3 is 0 Å². The maximum absolute atomic E-state index is 13.0. The van der Waals surface area contributed by atoms with Gasteiger partial charge in [-0.2, -0.15) is 0 Å². The van der Waals surface area contributed by atoms with Crippen LogP contribution in [-0.2, 0) is 0 Å². The highest BCUT2D eigenvalue weighted by molar-refractivity contribution is 6.12. The summed E-state index contributed by atoms with van der Waals surface area (Å²) < 4.78 is 0. The van der Waals surface area contributed by atoms with E-state index in [0.29, 0.717) is 0 Å². The summed E-state index contributed by atoms with van der Waals surface area (Å²) in [5.74, 6) is 0.163. The second-order valence-electron chi connectivity index (χ2n) is 6.07. The SMILES string of the molecule is O=C(c1cccc2cccc(-c3ccccc3)c12)N1CCCC1. The van der Waals surface area contributed by atoms with Crippen LogP contribution in [0, 0.1) is 0 Å². The smallest absolute Gasteiger partial charge is 0.254 e. The van der Waals surface area contributed by atoms with Crippen molar-refractivity contribution in [1.82, 2.24) is 4.90 Å². The molecule has 0 radical (unpaired) electrons. The number of likely N-dealkylation sites (tertiary alicyclic amines) is 1. The van der Waals surface area contributed by atoms with Crippen molar-refractivity contribution in [3.8, 4) is 11.1 Å². The van der Waals surface area contributed by atoms with Gasteiger partial charge in [-0.3, -0.25) is 4.79 Å². The third-order valence-electron chi connectivity index (χ3n) is 4.61. The highest BCUT2D eigenvalue weighted by atomic mass is 16.2. The summed E-state index contributed by atoms with van der Waals surface area (Å²) in [6.45, 7) is 1.76. The molecule has 1 saturated heterocycles. The average molecular weight is 301 g/mol. The Kier molecular flexibility index (Phi) is 3.58. The van der Waals surface area contributed by atoms with E-state index in [-0.39, 0.29) is 5.91 Å². The average Bonchev–Trinajstić information content (AvgIpc) is 3.15. The van der Waals surface area contributed by atoms with Gasteiger partial charge in [0, 0.05) is 24.0 Å². The van der Waals surface area contributed by atoms with Crippen LogP contribution in [0.4, 0.5) is 0 Å². The first kappa shape index (κ1) is 14.0. The lowest BCUT2D eigenvalue weighted by molar-refractivity contribution is 0.0795. The molecule has 0 bridgehead atoms. The van der Waals surface area contributed by atoms with E-state index in [9.17, 15) is 4.79 Å². The Morgan fingerprint density at radius 3 is 2.22 bits per heavy atom. The Bertz CT molecular complexity index is 843. The highest BCUT2D eigenvalue weighted by Crippen LogP contribution is 2.32. The molecule has 1 fully saturated rings. The van der Waals surface area contributed by atoms with Crippen LogP contribution < -0.4 is 0 Å². The Morgan fingerprint density at radius 2 is 1.48 bits per heavy atom. The van der Waals surface area contributed by atoms with E-state index in [4.69, 9.17) is 0 Å². The molecule has 0 aliphatic carbocycles. The Labute approximate surface area is 136 Å². The van der Waals surface area contributed by atoms with Crippen LogP contribution in [0.2, 0.25) is 0 Å². The van der Waals surface area contributed by atoms with Crippen molar-refractivity contribution in [2.45, 2.75) is 12.8 Å². The molecule has 2 heteroatoms. The zero-order valence-corrected chi connectivity index (χ0v) is 13.0. The van der Waals surface area contributed by atoms with E-state index in [1.165, 1.54) is 0 Å². The van der Waals surface area contributed by atoms with Crippen LogP contribution in [0.1, 0.15) is 23.2 Å². The van der Waals surface area contributed by atoms with Gasteiger partial charge in [0.1, 0.15) is 0 Å². The van der Waals surface area contributed by atoms with Gasteiger partial charge in [0.2, 0.25) is 0 Å². The van der Waals surface area contributed by atoms with Gasteiger partial charge in [-0.05, 0) is 35.4 Å². The van der Waals surface area contributed by atoms with Crippen LogP contribution in [0.15, 0.2) is 66.7 Å². The van der Waals surface area contributed by atoms with Crippen LogP contribution in [-0.4, -0.2) is 23.9 Å². The van der Waals surface area contributed by atoms with Gasteiger partial charge in [0.25, 0.3) is 5.91 Å². The van der Waals surface area contributed by atoms with Crippen molar-refractivity contribution in [3.05, 3.63) is 72.3 Å². The molecular weight excluding hydrogens is 282 g/mol. The summed E-state index contributed by atoms with van der Waals surface area (Å²) in [5, 5.41) is 2.19. The van der Waals surface area contributed by atoms with E-state index in [0.717, 1.165) is 53.4 Å². The monoisotopic (exact) mass is 301 g/mol. The van der Waals surface area contributed by atoms with Crippen molar-refractivity contribution in [2.75, 3.05) is 13.1 Å². The Morgan fingerprint density at radius 1 is 0.783 bits per heavy atom. The number of hydrogen-bond donors (Lipinski definition) is 0. The Balaban J connectivity index is 1.93. The molecule has 0 atom stereocenters. The van der Waals surface area contributed by atoms with Gasteiger partial charge in [-0.25, -0.2) is 0 Å². The number of carbonyl (C=O) groups excluding carboxylic acids is 1. The second kappa shape index (κ2) is 5.88. The number of nitrogens with zero attached hydrogens (tertiary/aromatic N) is 1. The fourth-order valence-electron chi connectivity index (χ4n) is 3.47.